The molecule has 7 heteroatoms. The first-order valence-electron chi connectivity index (χ1n) is 9.82. The van der Waals surface area contributed by atoms with Crippen LogP contribution in [0.2, 0.25) is 0 Å². The SMILES string of the molecule is COc1ccc(CNC(=O)c2ccc(C)c(S(=O)(=O)Nc3cccc(C)c3C)c2)cc1. The van der Waals surface area contributed by atoms with Crippen LogP contribution in [0.5, 0.6) is 5.75 Å². The van der Waals surface area contributed by atoms with Gasteiger partial charge in [-0.25, -0.2) is 8.42 Å². The van der Waals surface area contributed by atoms with Crippen molar-refractivity contribution < 1.29 is 17.9 Å². The van der Waals surface area contributed by atoms with Gasteiger partial charge in [0, 0.05) is 12.1 Å². The Balaban J connectivity index is 1.79. The molecule has 0 saturated carbocycles. The zero-order valence-electron chi connectivity index (χ0n) is 18.0. The summed E-state index contributed by atoms with van der Waals surface area (Å²) in [6.07, 6.45) is 0. The summed E-state index contributed by atoms with van der Waals surface area (Å²) in [6.45, 7) is 5.81. The fourth-order valence-corrected chi connectivity index (χ4v) is 4.51. The Kier molecular flexibility index (Phi) is 6.65. The van der Waals surface area contributed by atoms with Crippen LogP contribution < -0.4 is 14.8 Å². The van der Waals surface area contributed by atoms with E-state index in [-0.39, 0.29) is 16.4 Å². The standard InChI is InChI=1S/C24H26N2O4S/c1-16-6-5-7-22(18(16)3)26-31(28,29)23-14-20(11-8-17(23)2)24(27)25-15-19-9-12-21(30-4)13-10-19/h5-14,26H,15H2,1-4H3,(H,25,27). The molecule has 3 aromatic carbocycles. The molecular weight excluding hydrogens is 412 g/mol. The van der Waals surface area contributed by atoms with Gasteiger partial charge in [-0.05, 0) is 73.4 Å². The van der Waals surface area contributed by atoms with Crippen LogP contribution in [0.3, 0.4) is 0 Å². The first kappa shape index (κ1) is 22.4. The van der Waals surface area contributed by atoms with Crippen LogP contribution in [0, 0.1) is 20.8 Å². The van der Waals surface area contributed by atoms with Crippen molar-refractivity contribution in [1.29, 1.82) is 0 Å². The van der Waals surface area contributed by atoms with E-state index in [2.05, 4.69) is 10.0 Å². The number of nitrogens with one attached hydrogen (secondary N) is 2. The molecule has 0 fully saturated rings. The molecule has 6 nitrogen and oxygen atoms in total. The molecule has 162 valence electrons. The maximum atomic E-state index is 13.0. The van der Waals surface area contributed by atoms with Crippen molar-refractivity contribution in [2.45, 2.75) is 32.2 Å². The molecule has 3 rings (SSSR count). The summed E-state index contributed by atoms with van der Waals surface area (Å²) in [7, 11) is -2.27. The third kappa shape index (κ3) is 5.24. The maximum Gasteiger partial charge on any atom is 0.262 e. The van der Waals surface area contributed by atoms with Crippen LogP contribution in [0.4, 0.5) is 5.69 Å². The molecule has 0 aliphatic carbocycles. The van der Waals surface area contributed by atoms with Crippen molar-refractivity contribution in [3.8, 4) is 5.75 Å². The van der Waals surface area contributed by atoms with Gasteiger partial charge < -0.3 is 10.1 Å². The Morgan fingerprint density at radius 2 is 1.65 bits per heavy atom. The third-order valence-electron chi connectivity index (χ3n) is 5.20. The van der Waals surface area contributed by atoms with Gasteiger partial charge in [0.25, 0.3) is 15.9 Å². The van der Waals surface area contributed by atoms with Crippen molar-refractivity contribution in [2.24, 2.45) is 0 Å². The van der Waals surface area contributed by atoms with Crippen LogP contribution in [-0.4, -0.2) is 21.4 Å². The lowest BCUT2D eigenvalue weighted by Gasteiger charge is -2.14. The molecule has 31 heavy (non-hydrogen) atoms. The number of hydrogen-bond acceptors (Lipinski definition) is 4. The van der Waals surface area contributed by atoms with E-state index >= 15 is 0 Å². The number of methoxy groups -OCH3 is 1. The Bertz CT molecular complexity index is 1200. The number of anilines is 1. The van der Waals surface area contributed by atoms with E-state index < -0.39 is 10.0 Å². The molecule has 0 aliphatic heterocycles. The predicted molar refractivity (Wildman–Crippen MR) is 122 cm³/mol. The molecule has 3 aromatic rings. The van der Waals surface area contributed by atoms with Crippen molar-refractivity contribution >= 4 is 21.6 Å². The summed E-state index contributed by atoms with van der Waals surface area (Å²) in [4.78, 5) is 12.7. The van der Waals surface area contributed by atoms with Gasteiger partial charge in [-0.3, -0.25) is 9.52 Å². The molecule has 0 saturated heterocycles. The van der Waals surface area contributed by atoms with Crippen molar-refractivity contribution in [3.05, 3.63) is 88.5 Å². The third-order valence-corrected chi connectivity index (χ3v) is 6.71. The maximum absolute atomic E-state index is 13.0. The van der Waals surface area contributed by atoms with Gasteiger partial charge in [0.05, 0.1) is 17.7 Å². The van der Waals surface area contributed by atoms with Crippen molar-refractivity contribution in [3.63, 3.8) is 0 Å². The summed E-state index contributed by atoms with van der Waals surface area (Å²) in [5, 5.41) is 2.82. The smallest absolute Gasteiger partial charge is 0.262 e. The lowest BCUT2D eigenvalue weighted by Crippen LogP contribution is -2.23. The van der Waals surface area contributed by atoms with Gasteiger partial charge in [0.2, 0.25) is 0 Å². The van der Waals surface area contributed by atoms with E-state index in [9.17, 15) is 13.2 Å². The minimum Gasteiger partial charge on any atom is -0.497 e. The lowest BCUT2D eigenvalue weighted by molar-refractivity contribution is 0.0950. The number of ether oxygens (including phenoxy) is 1. The molecule has 2 N–H and O–H groups in total. The second-order valence-electron chi connectivity index (χ2n) is 7.36. The summed E-state index contributed by atoms with van der Waals surface area (Å²) in [5.41, 5.74) is 4.12. The van der Waals surface area contributed by atoms with Gasteiger partial charge in [0.15, 0.2) is 0 Å². The Morgan fingerprint density at radius 1 is 0.935 bits per heavy atom. The second kappa shape index (κ2) is 9.22. The van der Waals surface area contributed by atoms with Crippen LogP contribution in [0.15, 0.2) is 65.6 Å². The van der Waals surface area contributed by atoms with E-state index in [4.69, 9.17) is 4.74 Å². The van der Waals surface area contributed by atoms with E-state index in [0.29, 0.717) is 17.8 Å². The minimum absolute atomic E-state index is 0.0745. The van der Waals surface area contributed by atoms with Crippen LogP contribution in [0.25, 0.3) is 0 Å². The van der Waals surface area contributed by atoms with Crippen molar-refractivity contribution in [1.82, 2.24) is 5.32 Å². The van der Waals surface area contributed by atoms with Gasteiger partial charge in [0.1, 0.15) is 5.75 Å². The van der Waals surface area contributed by atoms with Gasteiger partial charge in [-0.1, -0.05) is 30.3 Å². The van der Waals surface area contributed by atoms with Crippen LogP contribution in [-0.2, 0) is 16.6 Å². The fourth-order valence-electron chi connectivity index (χ4n) is 3.12. The molecule has 0 atom stereocenters. The highest BCUT2D eigenvalue weighted by Crippen LogP contribution is 2.24. The lowest BCUT2D eigenvalue weighted by atomic mass is 10.1. The molecule has 0 unspecified atom stereocenters. The molecule has 0 heterocycles. The summed E-state index contributed by atoms with van der Waals surface area (Å²) in [6, 6.07) is 17.5. The molecule has 0 spiro atoms. The predicted octanol–water partition coefficient (Wildman–Crippen LogP) is 4.35. The number of hydrogen-bond donors (Lipinski definition) is 2. The van der Waals surface area contributed by atoms with E-state index in [1.165, 1.54) is 6.07 Å². The average molecular weight is 439 g/mol. The number of aryl methyl sites for hydroxylation is 2. The number of sulfonamides is 1. The van der Waals surface area contributed by atoms with Crippen LogP contribution in [0.1, 0.15) is 32.6 Å². The number of rotatable bonds is 7. The highest BCUT2D eigenvalue weighted by Gasteiger charge is 2.20. The largest absolute Gasteiger partial charge is 0.497 e. The Labute approximate surface area is 183 Å². The number of amides is 1. The monoisotopic (exact) mass is 438 g/mol. The van der Waals surface area contributed by atoms with Gasteiger partial charge in [-0.2, -0.15) is 0 Å². The Hall–Kier alpha value is -3.32. The summed E-state index contributed by atoms with van der Waals surface area (Å²) < 4.78 is 33.9. The van der Waals surface area contributed by atoms with E-state index in [1.54, 1.807) is 38.3 Å². The highest BCUT2D eigenvalue weighted by atomic mass is 32.2. The zero-order valence-corrected chi connectivity index (χ0v) is 18.8. The normalized spacial score (nSPS) is 11.1. The minimum atomic E-state index is -3.86. The molecule has 0 radical (unpaired) electrons. The van der Waals surface area contributed by atoms with E-state index in [0.717, 1.165) is 22.4 Å². The zero-order chi connectivity index (χ0) is 22.6. The average Bonchev–Trinajstić information content (AvgIpc) is 2.75. The topological polar surface area (TPSA) is 84.5 Å². The summed E-state index contributed by atoms with van der Waals surface area (Å²) >= 11 is 0. The molecule has 0 aliphatic rings. The first-order valence-corrected chi connectivity index (χ1v) is 11.3. The first-order chi connectivity index (χ1) is 14.7. The number of benzene rings is 3. The molecular formula is C24H26N2O4S. The van der Waals surface area contributed by atoms with Gasteiger partial charge in [-0.15, -0.1) is 0 Å². The number of carbonyl (C=O) groups is 1. The molecule has 1 amide bonds. The number of carbonyl (C=O) groups excluding carboxylic acids is 1. The quantitative estimate of drug-likeness (QED) is 0.574. The Morgan fingerprint density at radius 3 is 2.32 bits per heavy atom. The second-order valence-corrected chi connectivity index (χ2v) is 9.01. The highest BCUT2D eigenvalue weighted by molar-refractivity contribution is 7.92. The van der Waals surface area contributed by atoms with Crippen LogP contribution >= 0.6 is 0 Å². The fraction of sp³-hybridized carbons (Fsp3) is 0.208. The summed E-state index contributed by atoms with van der Waals surface area (Å²) in [5.74, 6) is 0.388. The molecule has 0 bridgehead atoms. The van der Waals surface area contributed by atoms with Crippen molar-refractivity contribution in [2.75, 3.05) is 11.8 Å². The van der Waals surface area contributed by atoms with E-state index in [1.807, 2.05) is 44.2 Å². The molecule has 0 aromatic heterocycles. The van der Waals surface area contributed by atoms with Gasteiger partial charge >= 0.3 is 0 Å².